The Labute approximate surface area is 119 Å². The van der Waals surface area contributed by atoms with Crippen LogP contribution in [-0.2, 0) is 4.74 Å². The molecule has 3 nitrogen and oxygen atoms in total. The van der Waals surface area contributed by atoms with Crippen LogP contribution in [0, 0.1) is 5.92 Å². The van der Waals surface area contributed by atoms with Crippen molar-refractivity contribution in [3.63, 3.8) is 0 Å². The predicted octanol–water partition coefficient (Wildman–Crippen LogP) is 2.65. The van der Waals surface area contributed by atoms with E-state index in [0.717, 1.165) is 31.7 Å². The van der Waals surface area contributed by atoms with Gasteiger partial charge in [0.2, 0.25) is 0 Å². The smallest absolute Gasteiger partial charge is 0.0637 e. The van der Waals surface area contributed by atoms with Gasteiger partial charge in [-0.3, -0.25) is 4.90 Å². The number of nitrogens with zero attached hydrogens (tertiary/aromatic N) is 1. The van der Waals surface area contributed by atoms with Crippen molar-refractivity contribution in [2.45, 2.75) is 71.0 Å². The number of rotatable bonds is 6. The van der Waals surface area contributed by atoms with Crippen LogP contribution in [0.3, 0.4) is 0 Å². The number of hydrogen-bond donors (Lipinski definition) is 1. The minimum absolute atomic E-state index is 0.583. The first kappa shape index (κ1) is 15.3. The first-order chi connectivity index (χ1) is 9.22. The monoisotopic (exact) mass is 268 g/mol. The van der Waals surface area contributed by atoms with Crippen LogP contribution in [0.4, 0.5) is 0 Å². The van der Waals surface area contributed by atoms with Crippen molar-refractivity contribution in [2.75, 3.05) is 26.3 Å². The topological polar surface area (TPSA) is 24.5 Å². The molecule has 1 saturated heterocycles. The lowest BCUT2D eigenvalue weighted by atomic mass is 9.97. The third-order valence-corrected chi connectivity index (χ3v) is 4.59. The van der Waals surface area contributed by atoms with E-state index in [1.807, 2.05) is 0 Å². The summed E-state index contributed by atoms with van der Waals surface area (Å²) in [5.41, 5.74) is 0. The molecule has 0 aromatic carbocycles. The fourth-order valence-electron chi connectivity index (χ4n) is 3.76. The summed E-state index contributed by atoms with van der Waals surface area (Å²) in [4.78, 5) is 2.78. The predicted molar refractivity (Wildman–Crippen MR) is 80.5 cm³/mol. The van der Waals surface area contributed by atoms with Gasteiger partial charge in [0.05, 0.1) is 6.61 Å². The van der Waals surface area contributed by atoms with E-state index in [-0.39, 0.29) is 0 Å². The quantitative estimate of drug-likeness (QED) is 0.801. The fourth-order valence-corrected chi connectivity index (χ4v) is 3.76. The van der Waals surface area contributed by atoms with E-state index in [1.165, 1.54) is 38.6 Å². The first-order valence-corrected chi connectivity index (χ1v) is 8.29. The highest BCUT2D eigenvalue weighted by Crippen LogP contribution is 2.28. The molecule has 1 aliphatic carbocycles. The summed E-state index contributed by atoms with van der Waals surface area (Å²) in [5, 5.41) is 3.69. The summed E-state index contributed by atoms with van der Waals surface area (Å²) in [5.74, 6) is 0.741. The Bertz CT molecular complexity index is 249. The molecular weight excluding hydrogens is 236 g/mol. The zero-order valence-electron chi connectivity index (χ0n) is 13.0. The molecule has 2 rings (SSSR count). The van der Waals surface area contributed by atoms with Crippen molar-refractivity contribution in [1.29, 1.82) is 0 Å². The Morgan fingerprint density at radius 1 is 1.21 bits per heavy atom. The van der Waals surface area contributed by atoms with Crippen LogP contribution >= 0.6 is 0 Å². The van der Waals surface area contributed by atoms with Gasteiger partial charge in [-0.2, -0.15) is 0 Å². The van der Waals surface area contributed by atoms with Crippen LogP contribution in [0.5, 0.6) is 0 Å². The summed E-state index contributed by atoms with van der Waals surface area (Å²) in [6.45, 7) is 11.0. The van der Waals surface area contributed by atoms with Gasteiger partial charge in [-0.15, -0.1) is 0 Å². The van der Waals surface area contributed by atoms with E-state index >= 15 is 0 Å². The number of ether oxygens (including phenoxy) is 1. The molecule has 2 fully saturated rings. The maximum atomic E-state index is 5.80. The molecule has 0 aromatic rings. The molecule has 2 aliphatic rings. The van der Waals surface area contributed by atoms with E-state index in [4.69, 9.17) is 4.74 Å². The van der Waals surface area contributed by atoms with Crippen LogP contribution in [0.2, 0.25) is 0 Å². The van der Waals surface area contributed by atoms with Crippen LogP contribution in [-0.4, -0.2) is 49.3 Å². The summed E-state index contributed by atoms with van der Waals surface area (Å²) in [6, 6.07) is 2.01. The molecule has 2 unspecified atom stereocenters. The Morgan fingerprint density at radius 2 is 1.95 bits per heavy atom. The second-order valence-corrected chi connectivity index (χ2v) is 6.62. The molecule has 1 heterocycles. The maximum absolute atomic E-state index is 5.80. The molecule has 0 spiro atoms. The zero-order chi connectivity index (χ0) is 13.7. The zero-order valence-corrected chi connectivity index (χ0v) is 13.0. The van der Waals surface area contributed by atoms with E-state index < -0.39 is 0 Å². The fraction of sp³-hybridized carbons (Fsp3) is 1.00. The van der Waals surface area contributed by atoms with E-state index in [1.54, 1.807) is 0 Å². The number of likely N-dealkylation sites (N-methyl/N-ethyl adjacent to an activating group) is 1. The highest BCUT2D eigenvalue weighted by molar-refractivity contribution is 4.92. The minimum atomic E-state index is 0.583. The molecule has 1 saturated carbocycles. The van der Waals surface area contributed by atoms with Gasteiger partial charge in [-0.05, 0) is 31.7 Å². The molecule has 19 heavy (non-hydrogen) atoms. The van der Waals surface area contributed by atoms with Crippen LogP contribution in [0.15, 0.2) is 0 Å². The average Bonchev–Trinajstić information content (AvgIpc) is 2.91. The highest BCUT2D eigenvalue weighted by atomic mass is 16.5. The third-order valence-electron chi connectivity index (χ3n) is 4.59. The van der Waals surface area contributed by atoms with E-state index in [0.29, 0.717) is 12.1 Å². The first-order valence-electron chi connectivity index (χ1n) is 8.29. The minimum Gasteiger partial charge on any atom is -0.380 e. The Morgan fingerprint density at radius 3 is 2.58 bits per heavy atom. The lowest BCUT2D eigenvalue weighted by Gasteiger charge is -2.44. The average molecular weight is 268 g/mol. The molecule has 1 N–H and O–H groups in total. The van der Waals surface area contributed by atoms with Gasteiger partial charge < -0.3 is 10.1 Å². The van der Waals surface area contributed by atoms with Crippen molar-refractivity contribution < 1.29 is 4.74 Å². The summed E-state index contributed by atoms with van der Waals surface area (Å²) >= 11 is 0. The van der Waals surface area contributed by atoms with Gasteiger partial charge in [0, 0.05) is 31.3 Å². The molecule has 0 radical (unpaired) electrons. The lowest BCUT2D eigenvalue weighted by molar-refractivity contribution is -0.0230. The highest BCUT2D eigenvalue weighted by Gasteiger charge is 2.35. The van der Waals surface area contributed by atoms with Crippen molar-refractivity contribution in [1.82, 2.24) is 10.2 Å². The Kier molecular flexibility index (Phi) is 6.11. The molecule has 0 aromatic heterocycles. The molecule has 112 valence electrons. The van der Waals surface area contributed by atoms with Crippen LogP contribution in [0.1, 0.15) is 52.9 Å². The van der Waals surface area contributed by atoms with Gasteiger partial charge >= 0.3 is 0 Å². The number of hydrogen-bond acceptors (Lipinski definition) is 3. The normalized spacial score (nSPS) is 29.5. The molecule has 0 amide bonds. The lowest BCUT2D eigenvalue weighted by Crippen LogP contribution is -2.58. The van der Waals surface area contributed by atoms with Crippen molar-refractivity contribution in [3.8, 4) is 0 Å². The maximum Gasteiger partial charge on any atom is 0.0637 e. The molecule has 2 atom stereocenters. The van der Waals surface area contributed by atoms with E-state index in [9.17, 15) is 0 Å². The standard InChI is InChI=1S/C16H32N2O/c1-4-17-15-9-10-19-12-16(15)18(11-13(2)3)14-7-5-6-8-14/h13-17H,4-12H2,1-3H3. The van der Waals surface area contributed by atoms with Gasteiger partial charge in [0.15, 0.2) is 0 Å². The van der Waals surface area contributed by atoms with Gasteiger partial charge in [-0.25, -0.2) is 0 Å². The molecule has 0 bridgehead atoms. The van der Waals surface area contributed by atoms with Gasteiger partial charge in [-0.1, -0.05) is 33.6 Å². The molecule has 1 aliphatic heterocycles. The van der Waals surface area contributed by atoms with Crippen molar-refractivity contribution in [2.24, 2.45) is 5.92 Å². The van der Waals surface area contributed by atoms with Gasteiger partial charge in [0.1, 0.15) is 0 Å². The van der Waals surface area contributed by atoms with Crippen LogP contribution in [0.25, 0.3) is 0 Å². The van der Waals surface area contributed by atoms with Crippen molar-refractivity contribution in [3.05, 3.63) is 0 Å². The summed E-state index contributed by atoms with van der Waals surface area (Å²) < 4.78 is 5.80. The largest absolute Gasteiger partial charge is 0.380 e. The number of nitrogens with one attached hydrogen (secondary N) is 1. The van der Waals surface area contributed by atoms with E-state index in [2.05, 4.69) is 31.0 Å². The Balaban J connectivity index is 2.04. The SMILES string of the molecule is CCNC1CCOCC1N(CC(C)C)C1CCCC1. The summed E-state index contributed by atoms with van der Waals surface area (Å²) in [7, 11) is 0. The molecule has 3 heteroatoms. The van der Waals surface area contributed by atoms with Gasteiger partial charge in [0.25, 0.3) is 0 Å². The van der Waals surface area contributed by atoms with Crippen molar-refractivity contribution >= 4 is 0 Å². The summed E-state index contributed by atoms with van der Waals surface area (Å²) in [6.07, 6.45) is 6.78. The second kappa shape index (κ2) is 7.61. The van der Waals surface area contributed by atoms with Crippen LogP contribution < -0.4 is 5.32 Å². The second-order valence-electron chi connectivity index (χ2n) is 6.62. The Hall–Kier alpha value is -0.120. The third kappa shape index (κ3) is 4.17. The molecular formula is C16H32N2O.